The Balaban J connectivity index is 2.78. The Hall–Kier alpha value is -0.0900. The molecule has 0 spiro atoms. The minimum atomic E-state index is -0.950. The van der Waals surface area contributed by atoms with Gasteiger partial charge in [0.05, 0.1) is 14.7 Å². The Morgan fingerprint density at radius 1 is 1.40 bits per heavy atom. The van der Waals surface area contributed by atoms with Crippen molar-refractivity contribution in [3.63, 3.8) is 0 Å². The summed E-state index contributed by atoms with van der Waals surface area (Å²) in [6.07, 6.45) is 0.600. The first-order valence-corrected chi connectivity index (χ1v) is 8.47. The number of amides is 1. The van der Waals surface area contributed by atoms with Gasteiger partial charge in [-0.3, -0.25) is 4.79 Å². The van der Waals surface area contributed by atoms with Gasteiger partial charge < -0.3 is 15.5 Å². The molecular formula is C14H19I2NO3. The first kappa shape index (κ1) is 18.0. The number of benzene rings is 1. The number of phenolic OH excluding ortho intramolecular Hbond substituents is 1. The van der Waals surface area contributed by atoms with Gasteiger partial charge in [0, 0.05) is 10.1 Å². The van der Waals surface area contributed by atoms with Crippen molar-refractivity contribution in [3.8, 4) is 5.75 Å². The zero-order valence-corrected chi connectivity index (χ0v) is 16.0. The van der Waals surface area contributed by atoms with Crippen LogP contribution in [0.5, 0.6) is 5.75 Å². The van der Waals surface area contributed by atoms with Crippen LogP contribution in [0.1, 0.15) is 37.6 Å². The van der Waals surface area contributed by atoms with Gasteiger partial charge in [-0.2, -0.15) is 0 Å². The zero-order valence-electron chi connectivity index (χ0n) is 11.7. The molecule has 3 N–H and O–H groups in total. The first-order valence-electron chi connectivity index (χ1n) is 6.31. The van der Waals surface area contributed by atoms with Crippen LogP contribution in [0.2, 0.25) is 0 Å². The maximum Gasteiger partial charge on any atom is 0.255 e. The van der Waals surface area contributed by atoms with Crippen molar-refractivity contribution in [1.29, 1.82) is 0 Å². The first-order chi connectivity index (χ1) is 9.12. The number of halogens is 2. The summed E-state index contributed by atoms with van der Waals surface area (Å²) >= 11 is 4.08. The van der Waals surface area contributed by atoms with Gasteiger partial charge in [-0.1, -0.05) is 13.8 Å². The number of nitrogens with one attached hydrogen (secondary N) is 1. The fourth-order valence-electron chi connectivity index (χ4n) is 2.06. The van der Waals surface area contributed by atoms with Gasteiger partial charge in [0.2, 0.25) is 0 Å². The summed E-state index contributed by atoms with van der Waals surface area (Å²) in [5.74, 6) is -0.0519. The standard InChI is InChI=1S/C14H19I2NO3/c1-8(2)6-14(3,20)7-17-13(19)10-4-9(15)5-11(16)12(10)18/h4-5,8,18,20H,6-7H2,1-3H3,(H,17,19). The summed E-state index contributed by atoms with van der Waals surface area (Å²) in [5.41, 5.74) is -0.712. The van der Waals surface area contributed by atoms with Crippen LogP contribution in [0, 0.1) is 13.1 Å². The number of carbonyl (C=O) groups excluding carboxylic acids is 1. The summed E-state index contributed by atoms with van der Waals surface area (Å²) in [5, 5.41) is 22.8. The van der Waals surface area contributed by atoms with Gasteiger partial charge in [-0.25, -0.2) is 0 Å². The monoisotopic (exact) mass is 503 g/mol. The number of phenols is 1. The van der Waals surface area contributed by atoms with E-state index in [4.69, 9.17) is 0 Å². The van der Waals surface area contributed by atoms with Crippen LogP contribution in [0.3, 0.4) is 0 Å². The minimum absolute atomic E-state index is 0.0213. The molecule has 112 valence electrons. The molecule has 0 saturated heterocycles. The van der Waals surface area contributed by atoms with Crippen LogP contribution in [0.15, 0.2) is 12.1 Å². The molecule has 1 atom stereocenters. The second kappa shape index (κ2) is 7.26. The second-order valence-electron chi connectivity index (χ2n) is 5.56. The molecule has 0 aliphatic carbocycles. The Kier molecular flexibility index (Phi) is 6.52. The molecular weight excluding hydrogens is 484 g/mol. The molecule has 0 saturated carbocycles. The summed E-state index contributed by atoms with van der Waals surface area (Å²) < 4.78 is 1.51. The number of rotatable bonds is 5. The quantitative estimate of drug-likeness (QED) is 0.542. The van der Waals surface area contributed by atoms with Crippen LogP contribution in [0.4, 0.5) is 0 Å². The van der Waals surface area contributed by atoms with Crippen LogP contribution in [0.25, 0.3) is 0 Å². The molecule has 1 aromatic rings. The molecule has 1 aromatic carbocycles. The van der Waals surface area contributed by atoms with Gasteiger partial charge in [0.1, 0.15) is 5.75 Å². The highest BCUT2D eigenvalue weighted by Gasteiger charge is 2.24. The minimum Gasteiger partial charge on any atom is -0.506 e. The number of hydrogen-bond acceptors (Lipinski definition) is 3. The summed E-state index contributed by atoms with van der Waals surface area (Å²) in [7, 11) is 0. The number of aliphatic hydroxyl groups is 1. The average molecular weight is 503 g/mol. The van der Waals surface area contributed by atoms with E-state index in [1.807, 2.05) is 36.4 Å². The van der Waals surface area contributed by atoms with Crippen molar-refractivity contribution < 1.29 is 15.0 Å². The van der Waals surface area contributed by atoms with Crippen molar-refractivity contribution in [2.45, 2.75) is 32.8 Å². The third kappa shape index (κ3) is 5.36. The normalized spacial score (nSPS) is 14.2. The molecule has 0 aliphatic heterocycles. The Morgan fingerprint density at radius 2 is 2.00 bits per heavy atom. The molecule has 0 fully saturated rings. The van der Waals surface area contributed by atoms with E-state index in [0.717, 1.165) is 3.57 Å². The molecule has 20 heavy (non-hydrogen) atoms. The van der Waals surface area contributed by atoms with E-state index < -0.39 is 5.60 Å². The SMILES string of the molecule is CC(C)CC(C)(O)CNC(=O)c1cc(I)cc(I)c1O. The molecule has 6 heteroatoms. The Morgan fingerprint density at radius 3 is 2.55 bits per heavy atom. The predicted molar refractivity (Wildman–Crippen MR) is 96.0 cm³/mol. The third-order valence-electron chi connectivity index (χ3n) is 2.75. The molecule has 4 nitrogen and oxygen atoms in total. The van der Waals surface area contributed by atoms with E-state index in [0.29, 0.717) is 15.9 Å². The molecule has 0 aromatic heterocycles. The Bertz CT molecular complexity index is 501. The van der Waals surface area contributed by atoms with Crippen molar-refractivity contribution in [1.82, 2.24) is 5.32 Å². The topological polar surface area (TPSA) is 69.6 Å². The lowest BCUT2D eigenvalue weighted by molar-refractivity contribution is 0.0368. The van der Waals surface area contributed by atoms with E-state index >= 15 is 0 Å². The summed E-state index contributed by atoms with van der Waals surface area (Å²) in [6, 6.07) is 3.42. The second-order valence-corrected chi connectivity index (χ2v) is 7.97. The lowest BCUT2D eigenvalue weighted by atomic mass is 9.94. The smallest absolute Gasteiger partial charge is 0.255 e. The number of carbonyl (C=O) groups is 1. The van der Waals surface area contributed by atoms with Crippen molar-refractivity contribution >= 4 is 51.1 Å². The van der Waals surface area contributed by atoms with Crippen molar-refractivity contribution in [2.24, 2.45) is 5.92 Å². The van der Waals surface area contributed by atoms with Crippen LogP contribution in [-0.4, -0.2) is 28.3 Å². The summed E-state index contributed by atoms with van der Waals surface area (Å²) in [6.45, 7) is 5.89. The van der Waals surface area contributed by atoms with Crippen LogP contribution >= 0.6 is 45.2 Å². The number of hydrogen-bond donors (Lipinski definition) is 3. The van der Waals surface area contributed by atoms with Gasteiger partial charge in [-0.05, 0) is 76.6 Å². The van der Waals surface area contributed by atoms with Crippen LogP contribution in [-0.2, 0) is 0 Å². The molecule has 0 heterocycles. The lowest BCUT2D eigenvalue weighted by Crippen LogP contribution is -2.41. The Labute approximate surface area is 146 Å². The van der Waals surface area contributed by atoms with Gasteiger partial charge in [-0.15, -0.1) is 0 Å². The van der Waals surface area contributed by atoms with Crippen LogP contribution < -0.4 is 5.32 Å². The van der Waals surface area contributed by atoms with E-state index in [1.165, 1.54) is 0 Å². The maximum absolute atomic E-state index is 12.1. The van der Waals surface area contributed by atoms with E-state index in [1.54, 1.807) is 19.1 Å². The van der Waals surface area contributed by atoms with Gasteiger partial charge >= 0.3 is 0 Å². The molecule has 1 unspecified atom stereocenters. The third-order valence-corrected chi connectivity index (χ3v) is 4.20. The zero-order chi connectivity index (χ0) is 15.5. The summed E-state index contributed by atoms with van der Waals surface area (Å²) in [4.78, 5) is 12.1. The average Bonchev–Trinajstić information content (AvgIpc) is 2.29. The largest absolute Gasteiger partial charge is 0.506 e. The van der Waals surface area contributed by atoms with Gasteiger partial charge in [0.25, 0.3) is 5.91 Å². The van der Waals surface area contributed by atoms with E-state index in [9.17, 15) is 15.0 Å². The molecule has 0 bridgehead atoms. The molecule has 1 amide bonds. The highest BCUT2D eigenvalue weighted by atomic mass is 127. The maximum atomic E-state index is 12.1. The predicted octanol–water partition coefficient (Wildman–Crippen LogP) is 3.13. The molecule has 0 radical (unpaired) electrons. The number of aromatic hydroxyl groups is 1. The lowest BCUT2D eigenvalue weighted by Gasteiger charge is -2.25. The van der Waals surface area contributed by atoms with Gasteiger partial charge in [0.15, 0.2) is 0 Å². The fraction of sp³-hybridized carbons (Fsp3) is 0.500. The van der Waals surface area contributed by atoms with Crippen molar-refractivity contribution in [2.75, 3.05) is 6.54 Å². The highest BCUT2D eigenvalue weighted by Crippen LogP contribution is 2.27. The van der Waals surface area contributed by atoms with Crippen molar-refractivity contribution in [3.05, 3.63) is 24.8 Å². The van der Waals surface area contributed by atoms with E-state index in [2.05, 4.69) is 27.9 Å². The molecule has 0 aliphatic rings. The fourth-order valence-corrected chi connectivity index (χ4v) is 3.90. The highest BCUT2D eigenvalue weighted by molar-refractivity contribution is 14.1. The molecule has 1 rings (SSSR count). The van der Waals surface area contributed by atoms with E-state index in [-0.39, 0.29) is 23.8 Å².